The molecule has 0 unspecified atom stereocenters. The van der Waals surface area contributed by atoms with Crippen molar-refractivity contribution < 1.29 is 14.6 Å². The third-order valence-electron chi connectivity index (χ3n) is 3.90. The number of carboxylic acid groups (broad SMARTS) is 1. The van der Waals surface area contributed by atoms with Crippen molar-refractivity contribution in [2.24, 2.45) is 0 Å². The van der Waals surface area contributed by atoms with Gasteiger partial charge in [-0.15, -0.1) is 0 Å². The van der Waals surface area contributed by atoms with E-state index >= 15 is 0 Å². The van der Waals surface area contributed by atoms with Crippen LogP contribution in [0.15, 0.2) is 48.7 Å². The lowest BCUT2D eigenvalue weighted by Crippen LogP contribution is -2.07. The molecule has 0 aliphatic carbocycles. The Hall–Kier alpha value is -2.75. The molecule has 4 heteroatoms. The molecule has 0 radical (unpaired) electrons. The lowest BCUT2D eigenvalue weighted by atomic mass is 9.98. The predicted octanol–water partition coefficient (Wildman–Crippen LogP) is 4.64. The Morgan fingerprint density at radius 3 is 2.75 bits per heavy atom. The van der Waals surface area contributed by atoms with Crippen molar-refractivity contribution in [2.75, 3.05) is 0 Å². The van der Waals surface area contributed by atoms with E-state index < -0.39 is 5.97 Å². The number of fused-ring (bicyclic) bond motifs is 1. The van der Waals surface area contributed by atoms with E-state index in [1.165, 1.54) is 0 Å². The van der Waals surface area contributed by atoms with Gasteiger partial charge in [0.05, 0.1) is 6.10 Å². The number of ether oxygens (including phenoxy) is 1. The molecule has 124 valence electrons. The maximum absolute atomic E-state index is 10.8. The van der Waals surface area contributed by atoms with Crippen molar-refractivity contribution in [1.82, 2.24) is 4.98 Å². The summed E-state index contributed by atoms with van der Waals surface area (Å²) >= 11 is 0. The first-order chi connectivity index (χ1) is 11.5. The first-order valence-corrected chi connectivity index (χ1v) is 8.12. The van der Waals surface area contributed by atoms with E-state index in [1.54, 1.807) is 0 Å². The highest BCUT2D eigenvalue weighted by Crippen LogP contribution is 2.33. The van der Waals surface area contributed by atoms with Crippen molar-refractivity contribution in [3.05, 3.63) is 54.2 Å². The third-order valence-corrected chi connectivity index (χ3v) is 3.90. The minimum atomic E-state index is -0.784. The van der Waals surface area contributed by atoms with Crippen LogP contribution in [0.25, 0.3) is 22.0 Å². The van der Waals surface area contributed by atoms with Gasteiger partial charge in [-0.25, -0.2) is 0 Å². The van der Waals surface area contributed by atoms with Crippen molar-refractivity contribution in [2.45, 2.75) is 32.8 Å². The van der Waals surface area contributed by atoms with Gasteiger partial charge in [0.25, 0.3) is 0 Å². The molecule has 4 nitrogen and oxygen atoms in total. The first-order valence-electron chi connectivity index (χ1n) is 8.12. The molecule has 0 amide bonds. The van der Waals surface area contributed by atoms with E-state index in [2.05, 4.69) is 17.1 Å². The summed E-state index contributed by atoms with van der Waals surface area (Å²) < 4.78 is 5.95. The largest absolute Gasteiger partial charge is 0.490 e. The van der Waals surface area contributed by atoms with Crippen molar-refractivity contribution in [3.8, 4) is 16.9 Å². The second-order valence-electron chi connectivity index (χ2n) is 6.17. The third kappa shape index (κ3) is 3.59. The Labute approximate surface area is 141 Å². The number of aryl methyl sites for hydroxylation is 1. The van der Waals surface area contributed by atoms with Crippen LogP contribution in [-0.4, -0.2) is 22.2 Å². The zero-order chi connectivity index (χ0) is 17.1. The summed E-state index contributed by atoms with van der Waals surface area (Å²) in [7, 11) is 0. The van der Waals surface area contributed by atoms with E-state index in [4.69, 9.17) is 9.84 Å². The van der Waals surface area contributed by atoms with E-state index in [0.29, 0.717) is 6.42 Å². The molecule has 2 aromatic carbocycles. The molecule has 2 N–H and O–H groups in total. The van der Waals surface area contributed by atoms with Gasteiger partial charge in [0.2, 0.25) is 0 Å². The van der Waals surface area contributed by atoms with Gasteiger partial charge in [-0.3, -0.25) is 4.79 Å². The number of carboxylic acids is 1. The number of H-pyrrole nitrogens is 1. The molecular formula is C20H21NO3. The Morgan fingerprint density at radius 1 is 1.17 bits per heavy atom. The van der Waals surface area contributed by atoms with Crippen LogP contribution in [-0.2, 0) is 11.2 Å². The van der Waals surface area contributed by atoms with E-state index in [9.17, 15) is 4.79 Å². The molecule has 0 saturated heterocycles. The summed E-state index contributed by atoms with van der Waals surface area (Å²) in [6.07, 6.45) is 2.63. The summed E-state index contributed by atoms with van der Waals surface area (Å²) in [5, 5.41) is 10.0. The SMILES string of the molecule is CC(C)Oc1ccc(CCC(=O)O)cc1-c1ccc2[nH]ccc2c1. The van der Waals surface area contributed by atoms with Gasteiger partial charge in [0.15, 0.2) is 0 Å². The molecule has 0 saturated carbocycles. The number of nitrogens with one attached hydrogen (secondary N) is 1. The van der Waals surface area contributed by atoms with Gasteiger partial charge in [0.1, 0.15) is 5.75 Å². The van der Waals surface area contributed by atoms with Gasteiger partial charge < -0.3 is 14.8 Å². The smallest absolute Gasteiger partial charge is 0.303 e. The quantitative estimate of drug-likeness (QED) is 0.694. The van der Waals surface area contributed by atoms with Crippen LogP contribution in [0.5, 0.6) is 5.75 Å². The fourth-order valence-electron chi connectivity index (χ4n) is 2.79. The van der Waals surface area contributed by atoms with Gasteiger partial charge in [-0.1, -0.05) is 12.1 Å². The monoisotopic (exact) mass is 323 g/mol. The molecule has 3 rings (SSSR count). The zero-order valence-electron chi connectivity index (χ0n) is 13.9. The van der Waals surface area contributed by atoms with Crippen LogP contribution in [0.2, 0.25) is 0 Å². The number of aliphatic carboxylic acids is 1. The molecule has 0 fully saturated rings. The zero-order valence-corrected chi connectivity index (χ0v) is 13.9. The normalized spacial score (nSPS) is 11.1. The Morgan fingerprint density at radius 2 is 2.00 bits per heavy atom. The summed E-state index contributed by atoms with van der Waals surface area (Å²) in [5.41, 5.74) is 4.15. The predicted molar refractivity (Wildman–Crippen MR) is 95.5 cm³/mol. The average Bonchev–Trinajstić information content (AvgIpc) is 3.00. The van der Waals surface area contributed by atoms with E-state index in [1.807, 2.05) is 50.4 Å². The average molecular weight is 323 g/mol. The minimum Gasteiger partial charge on any atom is -0.490 e. The molecule has 3 aromatic rings. The highest BCUT2D eigenvalue weighted by molar-refractivity contribution is 5.86. The highest BCUT2D eigenvalue weighted by atomic mass is 16.5. The molecule has 0 bridgehead atoms. The molecule has 0 atom stereocenters. The molecule has 0 spiro atoms. The molecule has 1 heterocycles. The number of carbonyl (C=O) groups is 1. The summed E-state index contributed by atoms with van der Waals surface area (Å²) in [4.78, 5) is 14.0. The van der Waals surface area contributed by atoms with Gasteiger partial charge in [-0.05, 0) is 67.1 Å². The summed E-state index contributed by atoms with van der Waals surface area (Å²) in [5.74, 6) is 0.0340. The highest BCUT2D eigenvalue weighted by Gasteiger charge is 2.11. The van der Waals surface area contributed by atoms with Gasteiger partial charge >= 0.3 is 5.97 Å². The number of aromatic amines is 1. The first kappa shape index (κ1) is 16.1. The maximum Gasteiger partial charge on any atom is 0.303 e. The molecule has 24 heavy (non-hydrogen) atoms. The van der Waals surface area contributed by atoms with Crippen LogP contribution < -0.4 is 4.74 Å². The van der Waals surface area contributed by atoms with Crippen LogP contribution in [0.1, 0.15) is 25.8 Å². The number of rotatable bonds is 6. The second-order valence-corrected chi connectivity index (χ2v) is 6.17. The lowest BCUT2D eigenvalue weighted by molar-refractivity contribution is -0.136. The van der Waals surface area contributed by atoms with Crippen molar-refractivity contribution in [1.29, 1.82) is 0 Å². The van der Waals surface area contributed by atoms with E-state index in [0.717, 1.165) is 33.3 Å². The van der Waals surface area contributed by atoms with Crippen LogP contribution >= 0.6 is 0 Å². The molecule has 0 aliphatic heterocycles. The fraction of sp³-hybridized carbons (Fsp3) is 0.250. The lowest BCUT2D eigenvalue weighted by Gasteiger charge is -2.16. The Kier molecular flexibility index (Phi) is 4.56. The van der Waals surface area contributed by atoms with Crippen molar-refractivity contribution in [3.63, 3.8) is 0 Å². The molecule has 1 aromatic heterocycles. The molecular weight excluding hydrogens is 302 g/mol. The van der Waals surface area contributed by atoms with E-state index in [-0.39, 0.29) is 12.5 Å². The van der Waals surface area contributed by atoms with Crippen LogP contribution in [0, 0.1) is 0 Å². The standard InChI is InChI=1S/C20H21NO3/c1-13(2)24-19-7-3-14(4-8-20(22)23)11-17(19)15-5-6-18-16(12-15)9-10-21-18/h3,5-7,9-13,21H,4,8H2,1-2H3,(H,22,23). The van der Waals surface area contributed by atoms with Crippen LogP contribution in [0.3, 0.4) is 0 Å². The van der Waals surface area contributed by atoms with Gasteiger partial charge in [0, 0.05) is 23.7 Å². The summed E-state index contributed by atoms with van der Waals surface area (Å²) in [6, 6.07) is 14.2. The Balaban J connectivity index is 2.03. The number of aromatic nitrogens is 1. The fourth-order valence-corrected chi connectivity index (χ4v) is 2.79. The number of benzene rings is 2. The maximum atomic E-state index is 10.8. The van der Waals surface area contributed by atoms with Gasteiger partial charge in [-0.2, -0.15) is 0 Å². The number of hydrogen-bond acceptors (Lipinski definition) is 2. The minimum absolute atomic E-state index is 0.0737. The summed E-state index contributed by atoms with van der Waals surface area (Å²) in [6.45, 7) is 3.99. The molecule has 0 aliphatic rings. The topological polar surface area (TPSA) is 62.3 Å². The van der Waals surface area contributed by atoms with Crippen molar-refractivity contribution >= 4 is 16.9 Å². The Bertz CT molecular complexity index is 864. The van der Waals surface area contributed by atoms with Crippen LogP contribution in [0.4, 0.5) is 0 Å². The number of hydrogen-bond donors (Lipinski definition) is 2. The second kappa shape index (κ2) is 6.79.